The summed E-state index contributed by atoms with van der Waals surface area (Å²) in [7, 11) is 0. The van der Waals surface area contributed by atoms with Crippen molar-refractivity contribution in [3.8, 4) is 5.69 Å². The van der Waals surface area contributed by atoms with Crippen LogP contribution in [-0.4, -0.2) is 21.5 Å². The van der Waals surface area contributed by atoms with E-state index in [-0.39, 0.29) is 10.7 Å². The Morgan fingerprint density at radius 3 is 1.89 bits per heavy atom. The van der Waals surface area contributed by atoms with E-state index < -0.39 is 11.8 Å². The smallest absolute Gasteiger partial charge is 0.270 e. The molecule has 0 bridgehead atoms. The average molecular weight is 478 g/mol. The van der Waals surface area contributed by atoms with Gasteiger partial charge in [0.1, 0.15) is 5.57 Å². The van der Waals surface area contributed by atoms with Gasteiger partial charge in [-0.3, -0.25) is 19.4 Å². The first-order valence-electron chi connectivity index (χ1n) is 11.3. The third-order valence-electron chi connectivity index (χ3n) is 6.12. The number of aryl methyl sites for hydroxylation is 2. The molecule has 0 atom stereocenters. The van der Waals surface area contributed by atoms with E-state index in [1.807, 2.05) is 116 Å². The molecule has 2 heterocycles. The van der Waals surface area contributed by atoms with Gasteiger partial charge in [0, 0.05) is 17.6 Å². The van der Waals surface area contributed by atoms with Crippen molar-refractivity contribution in [2.24, 2.45) is 0 Å². The molecule has 0 N–H and O–H groups in total. The van der Waals surface area contributed by atoms with E-state index in [1.54, 1.807) is 6.08 Å². The van der Waals surface area contributed by atoms with Crippen LogP contribution < -0.4 is 9.80 Å². The highest BCUT2D eigenvalue weighted by atomic mass is 32.1. The Morgan fingerprint density at radius 1 is 0.657 bits per heavy atom. The number of benzene rings is 3. The molecule has 5 rings (SSSR count). The summed E-state index contributed by atoms with van der Waals surface area (Å²) in [5, 5.41) is 0.130. The van der Waals surface area contributed by atoms with Crippen molar-refractivity contribution < 1.29 is 9.59 Å². The lowest BCUT2D eigenvalue weighted by Gasteiger charge is -2.36. The van der Waals surface area contributed by atoms with Crippen LogP contribution >= 0.6 is 12.2 Å². The van der Waals surface area contributed by atoms with Gasteiger partial charge in [0.25, 0.3) is 11.8 Å². The summed E-state index contributed by atoms with van der Waals surface area (Å²) in [6, 6.07) is 28.4. The van der Waals surface area contributed by atoms with Gasteiger partial charge in [-0.05, 0) is 91.8 Å². The Bertz CT molecular complexity index is 1470. The third-order valence-corrected chi connectivity index (χ3v) is 6.48. The maximum absolute atomic E-state index is 13.8. The zero-order valence-electron chi connectivity index (χ0n) is 19.4. The summed E-state index contributed by atoms with van der Waals surface area (Å²) in [5.74, 6) is -0.900. The normalized spacial score (nSPS) is 15.3. The lowest BCUT2D eigenvalue weighted by molar-refractivity contribution is -0.120. The average Bonchev–Trinajstić information content (AvgIpc) is 3.33. The zero-order chi connectivity index (χ0) is 24.5. The van der Waals surface area contributed by atoms with Crippen LogP contribution in [0.15, 0.2) is 103 Å². The van der Waals surface area contributed by atoms with Gasteiger partial charge in [-0.15, -0.1) is 0 Å². The number of para-hydroxylation sites is 2. The topological polar surface area (TPSA) is 45.6 Å². The first-order chi connectivity index (χ1) is 17.0. The SMILES string of the molecule is Cc1ccc(N2C(=O)/C(=C\c3cccn3-c3ccccc3)C(=O)N(c3ccccc3)C2=S)cc1C. The van der Waals surface area contributed by atoms with Crippen molar-refractivity contribution in [1.29, 1.82) is 0 Å². The largest absolute Gasteiger partial charge is 0.317 e. The zero-order valence-corrected chi connectivity index (χ0v) is 20.2. The molecule has 35 heavy (non-hydrogen) atoms. The Hall–Kier alpha value is -4.29. The molecule has 0 spiro atoms. The van der Waals surface area contributed by atoms with Crippen LogP contribution in [0.1, 0.15) is 16.8 Å². The molecular weight excluding hydrogens is 454 g/mol. The highest BCUT2D eigenvalue weighted by molar-refractivity contribution is 7.81. The second-order valence-electron chi connectivity index (χ2n) is 8.36. The van der Waals surface area contributed by atoms with Gasteiger partial charge in [0.2, 0.25) is 0 Å². The molecule has 172 valence electrons. The molecule has 1 aromatic heterocycles. The number of amides is 2. The predicted molar refractivity (Wildman–Crippen MR) is 144 cm³/mol. The number of anilines is 2. The summed E-state index contributed by atoms with van der Waals surface area (Å²) in [6.07, 6.45) is 3.55. The molecule has 0 aliphatic carbocycles. The minimum absolute atomic E-state index is 0.0385. The van der Waals surface area contributed by atoms with Gasteiger partial charge >= 0.3 is 0 Å². The van der Waals surface area contributed by atoms with Crippen molar-refractivity contribution >= 4 is 46.6 Å². The second-order valence-corrected chi connectivity index (χ2v) is 8.73. The molecule has 0 radical (unpaired) electrons. The predicted octanol–water partition coefficient (Wildman–Crippen LogP) is 5.84. The molecule has 0 saturated carbocycles. The van der Waals surface area contributed by atoms with Crippen LogP contribution in [0.5, 0.6) is 0 Å². The fraction of sp³-hybridized carbons (Fsp3) is 0.0690. The van der Waals surface area contributed by atoms with Crippen LogP contribution in [0.2, 0.25) is 0 Å². The highest BCUT2D eigenvalue weighted by Crippen LogP contribution is 2.31. The molecule has 0 unspecified atom stereocenters. The third kappa shape index (κ3) is 4.09. The van der Waals surface area contributed by atoms with E-state index in [0.29, 0.717) is 17.1 Å². The van der Waals surface area contributed by atoms with Crippen molar-refractivity contribution in [3.63, 3.8) is 0 Å². The van der Waals surface area contributed by atoms with E-state index in [0.717, 1.165) is 16.8 Å². The van der Waals surface area contributed by atoms with Crippen molar-refractivity contribution in [3.05, 3.63) is 120 Å². The molecule has 5 nitrogen and oxygen atoms in total. The number of hydrogen-bond donors (Lipinski definition) is 0. The van der Waals surface area contributed by atoms with Gasteiger partial charge in [-0.2, -0.15) is 0 Å². The number of rotatable bonds is 4. The van der Waals surface area contributed by atoms with Crippen LogP contribution in [0.4, 0.5) is 11.4 Å². The molecule has 2 amide bonds. The first-order valence-corrected chi connectivity index (χ1v) is 11.7. The van der Waals surface area contributed by atoms with Gasteiger partial charge in [0.15, 0.2) is 5.11 Å². The highest BCUT2D eigenvalue weighted by Gasteiger charge is 2.41. The maximum atomic E-state index is 13.8. The number of thiocarbonyl (C=S) groups is 1. The van der Waals surface area contributed by atoms with Crippen LogP contribution in [0, 0.1) is 13.8 Å². The lowest BCUT2D eigenvalue weighted by Crippen LogP contribution is -2.57. The molecule has 1 saturated heterocycles. The van der Waals surface area contributed by atoms with E-state index in [9.17, 15) is 9.59 Å². The molecule has 3 aromatic carbocycles. The number of hydrogen-bond acceptors (Lipinski definition) is 3. The first kappa shape index (κ1) is 22.5. The van der Waals surface area contributed by atoms with Gasteiger partial charge in [0.05, 0.1) is 11.4 Å². The van der Waals surface area contributed by atoms with Crippen molar-refractivity contribution in [1.82, 2.24) is 4.57 Å². The summed E-state index contributed by atoms with van der Waals surface area (Å²) in [5.41, 5.74) is 5.06. The molecule has 6 heteroatoms. The Balaban J connectivity index is 1.66. The second kappa shape index (κ2) is 9.16. The number of nitrogens with zero attached hydrogens (tertiary/aromatic N) is 3. The lowest BCUT2D eigenvalue weighted by atomic mass is 10.1. The fourth-order valence-corrected chi connectivity index (χ4v) is 4.49. The van der Waals surface area contributed by atoms with E-state index >= 15 is 0 Å². The van der Waals surface area contributed by atoms with E-state index in [2.05, 4.69) is 0 Å². The van der Waals surface area contributed by atoms with Gasteiger partial charge < -0.3 is 4.57 Å². The summed E-state index contributed by atoms with van der Waals surface area (Å²) in [4.78, 5) is 30.4. The maximum Gasteiger partial charge on any atom is 0.270 e. The van der Waals surface area contributed by atoms with Crippen molar-refractivity contribution in [2.75, 3.05) is 9.80 Å². The van der Waals surface area contributed by atoms with Crippen molar-refractivity contribution in [2.45, 2.75) is 13.8 Å². The monoisotopic (exact) mass is 477 g/mol. The summed E-state index contributed by atoms with van der Waals surface area (Å²) in [6.45, 7) is 4.00. The van der Waals surface area contributed by atoms with E-state index in [1.165, 1.54) is 9.80 Å². The standard InChI is InChI=1S/C29H23N3O2S/c1-20-15-16-25(18-21(20)2)32-28(34)26(27(33)31(29(32)35)23-12-7-4-8-13-23)19-24-14-9-17-30(24)22-10-5-3-6-11-22/h3-19H,1-2H3/b26-19-. The minimum atomic E-state index is -0.452. The minimum Gasteiger partial charge on any atom is -0.317 e. The number of aromatic nitrogens is 1. The fourth-order valence-electron chi connectivity index (χ4n) is 4.11. The Kier molecular flexibility index (Phi) is 5.89. The molecule has 4 aromatic rings. The molecular formula is C29H23N3O2S. The number of carbonyl (C=O) groups excluding carboxylic acids is 2. The Morgan fingerprint density at radius 2 is 1.26 bits per heavy atom. The van der Waals surface area contributed by atoms with Gasteiger partial charge in [-0.25, -0.2) is 0 Å². The quantitative estimate of drug-likeness (QED) is 0.211. The number of carbonyl (C=O) groups is 2. The van der Waals surface area contributed by atoms with Gasteiger partial charge in [-0.1, -0.05) is 42.5 Å². The Labute approximate surface area is 209 Å². The molecule has 1 aliphatic rings. The van der Waals surface area contributed by atoms with Crippen LogP contribution in [0.25, 0.3) is 11.8 Å². The molecule has 1 aliphatic heterocycles. The summed E-state index contributed by atoms with van der Waals surface area (Å²) >= 11 is 5.72. The van der Waals surface area contributed by atoms with Crippen LogP contribution in [-0.2, 0) is 9.59 Å². The van der Waals surface area contributed by atoms with E-state index in [4.69, 9.17) is 12.2 Å². The summed E-state index contributed by atoms with van der Waals surface area (Å²) < 4.78 is 1.94. The molecule has 1 fully saturated rings. The van der Waals surface area contributed by atoms with Crippen LogP contribution in [0.3, 0.4) is 0 Å².